The van der Waals surface area contributed by atoms with Crippen LogP contribution in [0.25, 0.3) is 10.6 Å². The van der Waals surface area contributed by atoms with Gasteiger partial charge < -0.3 is 9.88 Å². The van der Waals surface area contributed by atoms with E-state index in [1.807, 2.05) is 30.8 Å². The molecule has 5 heteroatoms. The maximum atomic E-state index is 11.4. The van der Waals surface area contributed by atoms with Crippen molar-refractivity contribution in [3.63, 3.8) is 0 Å². The van der Waals surface area contributed by atoms with Gasteiger partial charge in [-0.25, -0.2) is 4.98 Å². The Morgan fingerprint density at radius 2 is 2.40 bits per heavy atom. The Labute approximate surface area is 91.6 Å². The molecule has 0 saturated heterocycles. The van der Waals surface area contributed by atoms with Gasteiger partial charge in [0.15, 0.2) is 5.82 Å². The number of carbonyl (C=O) groups is 1. The van der Waals surface area contributed by atoms with E-state index in [-0.39, 0.29) is 5.91 Å². The lowest BCUT2D eigenvalue weighted by Crippen LogP contribution is -2.21. The molecule has 0 aliphatic heterocycles. The Morgan fingerprint density at radius 3 is 3.00 bits per heavy atom. The number of thiophene rings is 1. The quantitative estimate of drug-likeness (QED) is 0.835. The minimum atomic E-state index is -0.166. The smallest absolute Gasteiger partial charge is 0.287 e. The summed E-state index contributed by atoms with van der Waals surface area (Å²) in [6, 6.07) is 3.95. The van der Waals surface area contributed by atoms with Crippen molar-refractivity contribution in [1.82, 2.24) is 14.9 Å². The van der Waals surface area contributed by atoms with Crippen molar-refractivity contribution in [3.05, 3.63) is 29.5 Å². The molecule has 15 heavy (non-hydrogen) atoms. The topological polar surface area (TPSA) is 46.9 Å². The fourth-order valence-corrected chi connectivity index (χ4v) is 2.01. The first-order valence-corrected chi connectivity index (χ1v) is 5.39. The Balaban J connectivity index is 2.41. The maximum Gasteiger partial charge on any atom is 0.287 e. The van der Waals surface area contributed by atoms with Crippen molar-refractivity contribution in [2.75, 3.05) is 7.05 Å². The first-order chi connectivity index (χ1) is 7.22. The molecular weight excluding hydrogens is 210 g/mol. The van der Waals surface area contributed by atoms with Gasteiger partial charge >= 0.3 is 0 Å². The number of imidazole rings is 1. The molecule has 0 saturated carbocycles. The van der Waals surface area contributed by atoms with Gasteiger partial charge in [0.25, 0.3) is 5.91 Å². The van der Waals surface area contributed by atoms with E-state index in [9.17, 15) is 4.79 Å². The van der Waals surface area contributed by atoms with Gasteiger partial charge in [-0.1, -0.05) is 6.07 Å². The standard InChI is InChI=1S/C10H11N3OS/c1-11-10(14)9-12-7(6-13(9)2)8-4-3-5-15-8/h3-6H,1-2H3,(H,11,14). The summed E-state index contributed by atoms with van der Waals surface area (Å²) < 4.78 is 1.73. The van der Waals surface area contributed by atoms with Crippen LogP contribution in [0.3, 0.4) is 0 Å². The third-order valence-corrected chi connectivity index (χ3v) is 2.97. The first-order valence-electron chi connectivity index (χ1n) is 4.51. The highest BCUT2D eigenvalue weighted by Crippen LogP contribution is 2.23. The molecule has 0 aliphatic rings. The third-order valence-electron chi connectivity index (χ3n) is 2.08. The number of amides is 1. The molecule has 0 bridgehead atoms. The van der Waals surface area contributed by atoms with Crippen molar-refractivity contribution >= 4 is 17.2 Å². The summed E-state index contributed by atoms with van der Waals surface area (Å²) in [4.78, 5) is 16.8. The van der Waals surface area contributed by atoms with E-state index in [0.717, 1.165) is 10.6 Å². The van der Waals surface area contributed by atoms with Crippen LogP contribution in [0.5, 0.6) is 0 Å². The Bertz CT molecular complexity index is 473. The molecule has 0 aliphatic carbocycles. The minimum Gasteiger partial charge on any atom is -0.352 e. The van der Waals surface area contributed by atoms with Crippen LogP contribution < -0.4 is 5.32 Å². The summed E-state index contributed by atoms with van der Waals surface area (Å²) in [5.74, 6) is 0.265. The summed E-state index contributed by atoms with van der Waals surface area (Å²) in [6.45, 7) is 0. The molecule has 0 aromatic carbocycles. The first kappa shape index (κ1) is 9.92. The zero-order chi connectivity index (χ0) is 10.8. The summed E-state index contributed by atoms with van der Waals surface area (Å²) in [5, 5.41) is 4.55. The lowest BCUT2D eigenvalue weighted by molar-refractivity contribution is 0.0950. The molecule has 2 aromatic rings. The van der Waals surface area contributed by atoms with E-state index in [1.165, 1.54) is 0 Å². The van der Waals surface area contributed by atoms with E-state index in [2.05, 4.69) is 10.3 Å². The minimum absolute atomic E-state index is 0.166. The molecule has 1 N–H and O–H groups in total. The van der Waals surface area contributed by atoms with Crippen molar-refractivity contribution < 1.29 is 4.79 Å². The average Bonchev–Trinajstić information content (AvgIpc) is 2.84. The molecule has 0 unspecified atom stereocenters. The van der Waals surface area contributed by atoms with E-state index in [0.29, 0.717) is 5.82 Å². The van der Waals surface area contributed by atoms with Crippen molar-refractivity contribution in [2.45, 2.75) is 0 Å². The monoisotopic (exact) mass is 221 g/mol. The molecule has 0 fully saturated rings. The van der Waals surface area contributed by atoms with Gasteiger partial charge in [0, 0.05) is 20.3 Å². The number of hydrogen-bond acceptors (Lipinski definition) is 3. The van der Waals surface area contributed by atoms with Gasteiger partial charge in [-0.2, -0.15) is 0 Å². The van der Waals surface area contributed by atoms with Crippen LogP contribution in [0.4, 0.5) is 0 Å². The molecule has 0 radical (unpaired) electrons. The maximum absolute atomic E-state index is 11.4. The number of nitrogens with zero attached hydrogens (tertiary/aromatic N) is 2. The van der Waals surface area contributed by atoms with Crippen LogP contribution in [0.2, 0.25) is 0 Å². The molecule has 4 nitrogen and oxygen atoms in total. The SMILES string of the molecule is CNC(=O)c1nc(-c2cccs2)cn1C. The lowest BCUT2D eigenvalue weighted by atomic mass is 10.4. The average molecular weight is 221 g/mol. The van der Waals surface area contributed by atoms with E-state index in [4.69, 9.17) is 0 Å². The van der Waals surface area contributed by atoms with E-state index in [1.54, 1.807) is 23.0 Å². The van der Waals surface area contributed by atoms with E-state index < -0.39 is 0 Å². The highest BCUT2D eigenvalue weighted by Gasteiger charge is 2.13. The molecular formula is C10H11N3OS. The van der Waals surface area contributed by atoms with Gasteiger partial charge in [0.05, 0.1) is 10.6 Å². The molecule has 78 valence electrons. The van der Waals surface area contributed by atoms with Crippen molar-refractivity contribution in [2.24, 2.45) is 7.05 Å². The Morgan fingerprint density at radius 1 is 1.60 bits per heavy atom. The normalized spacial score (nSPS) is 10.3. The van der Waals surface area contributed by atoms with Crippen LogP contribution in [-0.2, 0) is 7.05 Å². The zero-order valence-electron chi connectivity index (χ0n) is 8.52. The van der Waals surface area contributed by atoms with Crippen molar-refractivity contribution in [1.29, 1.82) is 0 Å². The summed E-state index contributed by atoms with van der Waals surface area (Å²) >= 11 is 1.61. The second-order valence-corrected chi connectivity index (χ2v) is 4.06. The third kappa shape index (κ3) is 1.78. The number of nitrogens with one attached hydrogen (secondary N) is 1. The summed E-state index contributed by atoms with van der Waals surface area (Å²) in [7, 11) is 3.41. The van der Waals surface area contributed by atoms with Gasteiger partial charge in [0.1, 0.15) is 0 Å². The van der Waals surface area contributed by atoms with Crippen LogP contribution in [-0.4, -0.2) is 22.5 Å². The molecule has 1 amide bonds. The second kappa shape index (κ2) is 3.86. The summed E-state index contributed by atoms with van der Waals surface area (Å²) in [5.41, 5.74) is 0.839. The second-order valence-electron chi connectivity index (χ2n) is 3.12. The predicted octanol–water partition coefficient (Wildman–Crippen LogP) is 1.51. The highest BCUT2D eigenvalue weighted by molar-refractivity contribution is 7.13. The van der Waals surface area contributed by atoms with Crippen LogP contribution in [0.15, 0.2) is 23.7 Å². The highest BCUT2D eigenvalue weighted by atomic mass is 32.1. The van der Waals surface area contributed by atoms with Gasteiger partial charge in [-0.05, 0) is 11.4 Å². The molecule has 2 heterocycles. The number of hydrogen-bond donors (Lipinski definition) is 1. The molecule has 0 spiro atoms. The fraction of sp³-hybridized carbons (Fsp3) is 0.200. The number of aryl methyl sites for hydroxylation is 1. The fourth-order valence-electron chi connectivity index (χ4n) is 1.33. The summed E-state index contributed by atoms with van der Waals surface area (Å²) in [6.07, 6.45) is 1.86. The van der Waals surface area contributed by atoms with E-state index >= 15 is 0 Å². The number of aromatic nitrogens is 2. The number of rotatable bonds is 2. The van der Waals surface area contributed by atoms with Gasteiger partial charge in [-0.3, -0.25) is 4.79 Å². The lowest BCUT2D eigenvalue weighted by Gasteiger charge is -1.97. The largest absolute Gasteiger partial charge is 0.352 e. The van der Waals surface area contributed by atoms with Gasteiger partial charge in [0.2, 0.25) is 0 Å². The molecule has 2 rings (SSSR count). The molecule has 0 atom stereocenters. The Kier molecular flexibility index (Phi) is 2.55. The van der Waals surface area contributed by atoms with Crippen LogP contribution >= 0.6 is 11.3 Å². The van der Waals surface area contributed by atoms with Gasteiger partial charge in [-0.15, -0.1) is 11.3 Å². The molecule has 2 aromatic heterocycles. The Hall–Kier alpha value is -1.62. The number of carbonyl (C=O) groups excluding carboxylic acids is 1. The zero-order valence-corrected chi connectivity index (χ0v) is 9.34. The predicted molar refractivity (Wildman–Crippen MR) is 59.9 cm³/mol. The van der Waals surface area contributed by atoms with Crippen LogP contribution in [0, 0.1) is 0 Å². The van der Waals surface area contributed by atoms with Crippen LogP contribution in [0.1, 0.15) is 10.6 Å². The van der Waals surface area contributed by atoms with Crippen molar-refractivity contribution in [3.8, 4) is 10.6 Å².